The van der Waals surface area contributed by atoms with E-state index >= 15 is 0 Å². The van der Waals surface area contributed by atoms with Gasteiger partial charge in [0.1, 0.15) is 12.4 Å². The van der Waals surface area contributed by atoms with Gasteiger partial charge in [-0.15, -0.1) is 10.2 Å². The van der Waals surface area contributed by atoms with E-state index < -0.39 is 0 Å². The SMILES string of the molecule is O=C(CSc1nnc(COc2ccc(Cl)cc2)n1Cc1ccccc1)Nc1ccccc1. The zero-order valence-corrected chi connectivity index (χ0v) is 18.7. The van der Waals surface area contributed by atoms with Gasteiger partial charge in [-0.05, 0) is 42.0 Å². The molecule has 0 saturated carbocycles. The Labute approximate surface area is 195 Å². The molecule has 0 atom stereocenters. The lowest BCUT2D eigenvalue weighted by atomic mass is 10.2. The first-order chi connectivity index (χ1) is 15.7. The number of halogens is 1. The summed E-state index contributed by atoms with van der Waals surface area (Å²) in [6.45, 7) is 0.827. The molecule has 0 unspecified atom stereocenters. The third-order valence-corrected chi connectivity index (χ3v) is 5.77. The first kappa shape index (κ1) is 21.9. The Morgan fingerprint density at radius 3 is 2.34 bits per heavy atom. The number of nitrogens with one attached hydrogen (secondary N) is 1. The molecule has 162 valence electrons. The van der Waals surface area contributed by atoms with E-state index in [2.05, 4.69) is 15.5 Å². The molecule has 0 bridgehead atoms. The van der Waals surface area contributed by atoms with E-state index in [0.717, 1.165) is 11.3 Å². The number of hydrogen-bond acceptors (Lipinski definition) is 5. The van der Waals surface area contributed by atoms with Crippen LogP contribution in [0.5, 0.6) is 5.75 Å². The Hall–Kier alpha value is -3.29. The number of aromatic nitrogens is 3. The van der Waals surface area contributed by atoms with E-state index in [1.165, 1.54) is 11.8 Å². The largest absolute Gasteiger partial charge is 0.486 e. The molecular weight excluding hydrogens is 444 g/mol. The lowest BCUT2D eigenvalue weighted by Gasteiger charge is -2.11. The van der Waals surface area contributed by atoms with Crippen LogP contribution in [0.1, 0.15) is 11.4 Å². The van der Waals surface area contributed by atoms with Crippen molar-refractivity contribution < 1.29 is 9.53 Å². The average Bonchev–Trinajstić information content (AvgIpc) is 3.20. The van der Waals surface area contributed by atoms with Gasteiger partial charge in [-0.25, -0.2) is 0 Å². The number of para-hydroxylation sites is 1. The van der Waals surface area contributed by atoms with Crippen LogP contribution in [0.15, 0.2) is 90.1 Å². The van der Waals surface area contributed by atoms with Crippen LogP contribution in [0.3, 0.4) is 0 Å². The zero-order chi connectivity index (χ0) is 22.2. The highest BCUT2D eigenvalue weighted by atomic mass is 35.5. The number of hydrogen-bond donors (Lipinski definition) is 1. The van der Waals surface area contributed by atoms with Gasteiger partial charge in [0.15, 0.2) is 11.0 Å². The summed E-state index contributed by atoms with van der Waals surface area (Å²) in [6.07, 6.45) is 0. The molecule has 8 heteroatoms. The number of thioether (sulfide) groups is 1. The number of carbonyl (C=O) groups is 1. The van der Waals surface area contributed by atoms with Crippen molar-refractivity contribution >= 4 is 35.0 Å². The second-order valence-electron chi connectivity index (χ2n) is 6.92. The van der Waals surface area contributed by atoms with Crippen molar-refractivity contribution in [2.45, 2.75) is 18.3 Å². The molecule has 4 rings (SSSR count). The normalized spacial score (nSPS) is 10.7. The van der Waals surface area contributed by atoms with Crippen molar-refractivity contribution in [2.75, 3.05) is 11.1 Å². The van der Waals surface area contributed by atoms with Gasteiger partial charge in [0.05, 0.1) is 12.3 Å². The molecule has 1 amide bonds. The molecule has 4 aromatic rings. The van der Waals surface area contributed by atoms with Crippen molar-refractivity contribution in [3.05, 3.63) is 101 Å². The van der Waals surface area contributed by atoms with Crippen LogP contribution in [0, 0.1) is 0 Å². The van der Waals surface area contributed by atoms with E-state index in [4.69, 9.17) is 16.3 Å². The summed E-state index contributed by atoms with van der Waals surface area (Å²) in [5, 5.41) is 12.8. The van der Waals surface area contributed by atoms with Gasteiger partial charge in [0, 0.05) is 10.7 Å². The summed E-state index contributed by atoms with van der Waals surface area (Å²) in [7, 11) is 0. The molecule has 6 nitrogen and oxygen atoms in total. The minimum atomic E-state index is -0.102. The van der Waals surface area contributed by atoms with Crippen LogP contribution in [0.4, 0.5) is 5.69 Å². The number of anilines is 1. The van der Waals surface area contributed by atoms with Crippen molar-refractivity contribution in [1.29, 1.82) is 0 Å². The second-order valence-corrected chi connectivity index (χ2v) is 8.29. The molecule has 0 saturated heterocycles. The van der Waals surface area contributed by atoms with Crippen LogP contribution < -0.4 is 10.1 Å². The van der Waals surface area contributed by atoms with Gasteiger partial charge in [0.2, 0.25) is 5.91 Å². The first-order valence-corrected chi connectivity index (χ1v) is 11.4. The topological polar surface area (TPSA) is 69.0 Å². The Kier molecular flexibility index (Phi) is 7.42. The van der Waals surface area contributed by atoms with Crippen molar-refractivity contribution in [3.63, 3.8) is 0 Å². The van der Waals surface area contributed by atoms with Gasteiger partial charge in [-0.2, -0.15) is 0 Å². The predicted octanol–water partition coefficient (Wildman–Crippen LogP) is 5.29. The maximum absolute atomic E-state index is 12.4. The monoisotopic (exact) mass is 464 g/mol. The van der Waals surface area contributed by atoms with Crippen LogP contribution in [0.2, 0.25) is 5.02 Å². The molecule has 3 aromatic carbocycles. The molecule has 1 N–H and O–H groups in total. The minimum absolute atomic E-state index is 0.102. The maximum atomic E-state index is 12.4. The zero-order valence-electron chi connectivity index (χ0n) is 17.1. The fourth-order valence-electron chi connectivity index (χ4n) is 2.98. The molecule has 0 aliphatic rings. The van der Waals surface area contributed by atoms with E-state index in [9.17, 15) is 4.79 Å². The van der Waals surface area contributed by atoms with Crippen molar-refractivity contribution in [1.82, 2.24) is 14.8 Å². The van der Waals surface area contributed by atoms with Gasteiger partial charge in [-0.1, -0.05) is 71.9 Å². The predicted molar refractivity (Wildman–Crippen MR) is 127 cm³/mol. The van der Waals surface area contributed by atoms with Crippen LogP contribution in [0.25, 0.3) is 0 Å². The third kappa shape index (κ3) is 6.12. The summed E-state index contributed by atoms with van der Waals surface area (Å²) in [6, 6.07) is 26.6. The molecule has 0 aliphatic heterocycles. The third-order valence-electron chi connectivity index (χ3n) is 4.55. The van der Waals surface area contributed by atoms with Crippen molar-refractivity contribution in [2.24, 2.45) is 0 Å². The highest BCUT2D eigenvalue weighted by Gasteiger charge is 2.15. The average molecular weight is 465 g/mol. The second kappa shape index (κ2) is 10.8. The fraction of sp³-hybridized carbons (Fsp3) is 0.125. The van der Waals surface area contributed by atoms with Gasteiger partial charge >= 0.3 is 0 Å². The Bertz CT molecular complexity index is 1150. The Morgan fingerprint density at radius 2 is 1.62 bits per heavy atom. The molecule has 0 fully saturated rings. The molecule has 0 radical (unpaired) electrons. The lowest BCUT2D eigenvalue weighted by Crippen LogP contribution is -2.15. The fourth-order valence-corrected chi connectivity index (χ4v) is 3.87. The molecule has 0 aliphatic carbocycles. The minimum Gasteiger partial charge on any atom is -0.486 e. The van der Waals surface area contributed by atoms with Crippen LogP contribution in [-0.2, 0) is 17.9 Å². The summed E-state index contributed by atoms with van der Waals surface area (Å²) < 4.78 is 7.85. The standard InChI is InChI=1S/C24H21ClN4O2S/c25-19-11-13-21(14-12-19)31-16-22-27-28-24(29(22)15-18-7-3-1-4-8-18)32-17-23(30)26-20-9-5-2-6-10-20/h1-14H,15-17H2,(H,26,30). The van der Waals surface area contributed by atoms with E-state index in [-0.39, 0.29) is 18.3 Å². The summed E-state index contributed by atoms with van der Waals surface area (Å²) in [5.74, 6) is 1.49. The molecule has 0 spiro atoms. The van der Waals surface area contributed by atoms with Crippen LogP contribution >= 0.6 is 23.4 Å². The smallest absolute Gasteiger partial charge is 0.234 e. The highest BCUT2D eigenvalue weighted by molar-refractivity contribution is 7.99. The molecular formula is C24H21ClN4O2S. The van der Waals surface area contributed by atoms with E-state index in [1.54, 1.807) is 12.1 Å². The van der Waals surface area contributed by atoms with Gasteiger partial charge in [0.25, 0.3) is 0 Å². The van der Waals surface area contributed by atoms with Gasteiger partial charge in [-0.3, -0.25) is 9.36 Å². The number of rotatable bonds is 9. The number of carbonyl (C=O) groups excluding carboxylic acids is 1. The highest BCUT2D eigenvalue weighted by Crippen LogP contribution is 2.21. The molecule has 1 heterocycles. The molecule has 1 aromatic heterocycles. The lowest BCUT2D eigenvalue weighted by molar-refractivity contribution is -0.113. The van der Waals surface area contributed by atoms with Gasteiger partial charge < -0.3 is 10.1 Å². The van der Waals surface area contributed by atoms with Crippen molar-refractivity contribution in [3.8, 4) is 5.75 Å². The maximum Gasteiger partial charge on any atom is 0.234 e. The summed E-state index contributed by atoms with van der Waals surface area (Å²) in [4.78, 5) is 12.4. The Morgan fingerprint density at radius 1 is 0.938 bits per heavy atom. The summed E-state index contributed by atoms with van der Waals surface area (Å²) in [5.41, 5.74) is 1.87. The van der Waals surface area contributed by atoms with Crippen LogP contribution in [-0.4, -0.2) is 26.4 Å². The number of nitrogens with zero attached hydrogens (tertiary/aromatic N) is 3. The number of benzene rings is 3. The molecule has 32 heavy (non-hydrogen) atoms. The van der Waals surface area contributed by atoms with E-state index in [0.29, 0.717) is 28.3 Å². The van der Waals surface area contributed by atoms with E-state index in [1.807, 2.05) is 77.4 Å². The Balaban J connectivity index is 1.46. The number of amides is 1. The quantitative estimate of drug-likeness (QED) is 0.341. The number of ether oxygens (including phenoxy) is 1. The summed E-state index contributed by atoms with van der Waals surface area (Å²) >= 11 is 7.28. The first-order valence-electron chi connectivity index (χ1n) is 9.99.